The van der Waals surface area contributed by atoms with Gasteiger partial charge in [-0.25, -0.2) is 0 Å². The molecule has 1 saturated heterocycles. The van der Waals surface area contributed by atoms with E-state index in [1.165, 1.54) is 39.2 Å². The van der Waals surface area contributed by atoms with E-state index in [4.69, 9.17) is 4.74 Å². The number of hydrogen-bond donors (Lipinski definition) is 2. The molecular formula is C18H33ClN2O3. The molecule has 1 amide bonds. The lowest BCUT2D eigenvalue weighted by molar-refractivity contribution is -0.141. The normalized spacial score (nSPS) is 20.7. The van der Waals surface area contributed by atoms with Gasteiger partial charge in [-0.1, -0.05) is 19.3 Å². The van der Waals surface area contributed by atoms with Gasteiger partial charge >= 0.3 is 5.97 Å². The summed E-state index contributed by atoms with van der Waals surface area (Å²) in [5.41, 5.74) is 0. The van der Waals surface area contributed by atoms with E-state index >= 15 is 0 Å². The summed E-state index contributed by atoms with van der Waals surface area (Å²) in [5, 5.41) is 6.49. The molecule has 1 atom stereocenters. The number of carbonyl (C=O) groups excluding carboxylic acids is 2. The number of ether oxygens (including phenoxy) is 1. The van der Waals surface area contributed by atoms with Crippen molar-refractivity contribution < 1.29 is 14.3 Å². The van der Waals surface area contributed by atoms with Crippen LogP contribution in [0.1, 0.15) is 64.2 Å². The van der Waals surface area contributed by atoms with E-state index in [-0.39, 0.29) is 30.3 Å². The second kappa shape index (κ2) is 11.7. The molecule has 24 heavy (non-hydrogen) atoms. The van der Waals surface area contributed by atoms with E-state index in [0.29, 0.717) is 24.7 Å². The smallest absolute Gasteiger partial charge is 0.307 e. The van der Waals surface area contributed by atoms with Crippen molar-refractivity contribution in [3.63, 3.8) is 0 Å². The highest BCUT2D eigenvalue weighted by molar-refractivity contribution is 5.85. The van der Waals surface area contributed by atoms with Crippen molar-refractivity contribution in [2.75, 3.05) is 20.2 Å². The monoisotopic (exact) mass is 360 g/mol. The first kappa shape index (κ1) is 21.2. The number of hydrogen-bond acceptors (Lipinski definition) is 4. The van der Waals surface area contributed by atoms with Crippen molar-refractivity contribution >= 4 is 24.3 Å². The summed E-state index contributed by atoms with van der Waals surface area (Å²) in [4.78, 5) is 24.0. The summed E-state index contributed by atoms with van der Waals surface area (Å²) in [7, 11) is 1.42. The van der Waals surface area contributed by atoms with E-state index in [0.717, 1.165) is 32.4 Å². The predicted molar refractivity (Wildman–Crippen MR) is 97.2 cm³/mol. The minimum atomic E-state index is -0.223. The van der Waals surface area contributed by atoms with Gasteiger partial charge in [0.05, 0.1) is 13.5 Å². The molecule has 2 rings (SSSR count). The molecule has 1 aliphatic carbocycles. The van der Waals surface area contributed by atoms with Crippen LogP contribution in [-0.4, -0.2) is 38.1 Å². The molecule has 0 aromatic heterocycles. The van der Waals surface area contributed by atoms with Crippen LogP contribution in [0.5, 0.6) is 0 Å². The first-order valence-electron chi connectivity index (χ1n) is 9.26. The number of carbonyl (C=O) groups is 2. The molecule has 1 unspecified atom stereocenters. The minimum Gasteiger partial charge on any atom is -0.469 e. The van der Waals surface area contributed by atoms with Crippen LogP contribution in [0.25, 0.3) is 0 Å². The maximum Gasteiger partial charge on any atom is 0.307 e. The lowest BCUT2D eigenvalue weighted by Gasteiger charge is -2.30. The average molecular weight is 361 g/mol. The molecule has 1 aliphatic heterocycles. The maximum absolute atomic E-state index is 12.3. The van der Waals surface area contributed by atoms with Gasteiger partial charge in [-0.05, 0) is 57.0 Å². The lowest BCUT2D eigenvalue weighted by atomic mass is 9.82. The number of piperidine rings is 1. The van der Waals surface area contributed by atoms with E-state index in [9.17, 15) is 9.59 Å². The van der Waals surface area contributed by atoms with Crippen molar-refractivity contribution in [3.05, 3.63) is 0 Å². The number of nitrogens with one attached hydrogen (secondary N) is 2. The summed E-state index contributed by atoms with van der Waals surface area (Å²) in [6.45, 7) is 2.14. The zero-order valence-electron chi connectivity index (χ0n) is 14.9. The molecule has 0 bridgehead atoms. The predicted octanol–water partition coefficient (Wildman–Crippen LogP) is 2.82. The highest BCUT2D eigenvalue weighted by Gasteiger charge is 2.27. The molecule has 5 nitrogen and oxygen atoms in total. The molecule has 0 spiro atoms. The summed E-state index contributed by atoms with van der Waals surface area (Å²) >= 11 is 0. The zero-order valence-corrected chi connectivity index (χ0v) is 15.7. The lowest BCUT2D eigenvalue weighted by Crippen LogP contribution is -2.42. The Labute approximate surface area is 152 Å². The third kappa shape index (κ3) is 7.39. The zero-order chi connectivity index (χ0) is 16.5. The van der Waals surface area contributed by atoms with Crippen molar-refractivity contribution in [1.29, 1.82) is 0 Å². The number of amides is 1. The molecule has 140 valence electrons. The first-order chi connectivity index (χ1) is 11.2. The Kier molecular flexibility index (Phi) is 10.3. The third-order valence-electron chi connectivity index (χ3n) is 5.42. The molecule has 6 heteroatoms. The van der Waals surface area contributed by atoms with Gasteiger partial charge in [0.2, 0.25) is 5.91 Å². The van der Waals surface area contributed by atoms with Crippen LogP contribution in [0.4, 0.5) is 0 Å². The minimum absolute atomic E-state index is 0. The Morgan fingerprint density at radius 2 is 1.79 bits per heavy atom. The molecule has 2 N–H and O–H groups in total. The van der Waals surface area contributed by atoms with Gasteiger partial charge in [-0.3, -0.25) is 9.59 Å². The van der Waals surface area contributed by atoms with E-state index < -0.39 is 0 Å². The molecule has 0 aromatic rings. The Hall–Kier alpha value is -0.810. The topological polar surface area (TPSA) is 67.4 Å². The molecule has 2 aliphatic rings. The molecular weight excluding hydrogens is 328 g/mol. The standard InChI is InChI=1S/C18H32N2O3.ClH/c1-23-18(22)13-16(15-5-3-2-4-6-15)20-17(21)8-7-14-9-11-19-12-10-14;/h14-16,19H,2-13H2,1H3,(H,20,21);1H. The SMILES string of the molecule is COC(=O)CC(NC(=O)CCC1CCNCC1)C1CCCCC1.Cl. The van der Waals surface area contributed by atoms with E-state index in [1.807, 2.05) is 0 Å². The van der Waals surface area contributed by atoms with Crippen LogP contribution in [0.3, 0.4) is 0 Å². The molecule has 0 aromatic carbocycles. The van der Waals surface area contributed by atoms with E-state index in [1.54, 1.807) is 0 Å². The van der Waals surface area contributed by atoms with Gasteiger partial charge < -0.3 is 15.4 Å². The summed E-state index contributed by atoms with van der Waals surface area (Å²) in [6, 6.07) is -0.0525. The average Bonchev–Trinajstić information content (AvgIpc) is 2.61. The quantitative estimate of drug-likeness (QED) is 0.685. The van der Waals surface area contributed by atoms with Crippen LogP contribution in [-0.2, 0) is 14.3 Å². The van der Waals surface area contributed by atoms with Crippen molar-refractivity contribution in [3.8, 4) is 0 Å². The molecule has 1 saturated carbocycles. The van der Waals surface area contributed by atoms with E-state index in [2.05, 4.69) is 10.6 Å². The van der Waals surface area contributed by atoms with Crippen LogP contribution < -0.4 is 10.6 Å². The van der Waals surface area contributed by atoms with Crippen LogP contribution >= 0.6 is 12.4 Å². The van der Waals surface area contributed by atoms with Gasteiger partial charge in [-0.2, -0.15) is 0 Å². The Bertz CT molecular complexity index is 380. The summed E-state index contributed by atoms with van der Waals surface area (Å²) in [5.74, 6) is 0.962. The largest absolute Gasteiger partial charge is 0.469 e. The van der Waals surface area contributed by atoms with Gasteiger partial charge in [0.25, 0.3) is 0 Å². The van der Waals surface area contributed by atoms with Crippen molar-refractivity contribution in [1.82, 2.24) is 10.6 Å². The number of esters is 1. The first-order valence-corrected chi connectivity index (χ1v) is 9.26. The van der Waals surface area contributed by atoms with Crippen molar-refractivity contribution in [2.45, 2.75) is 70.3 Å². The highest BCUT2D eigenvalue weighted by Crippen LogP contribution is 2.28. The van der Waals surface area contributed by atoms with Crippen molar-refractivity contribution in [2.24, 2.45) is 11.8 Å². The summed E-state index contributed by atoms with van der Waals surface area (Å²) < 4.78 is 4.81. The van der Waals surface area contributed by atoms with Gasteiger partial charge in [0.1, 0.15) is 0 Å². The Morgan fingerprint density at radius 1 is 1.12 bits per heavy atom. The fraction of sp³-hybridized carbons (Fsp3) is 0.889. The third-order valence-corrected chi connectivity index (χ3v) is 5.42. The Morgan fingerprint density at radius 3 is 2.42 bits per heavy atom. The second-order valence-electron chi connectivity index (χ2n) is 7.08. The van der Waals surface area contributed by atoms with Gasteiger partial charge in [-0.15, -0.1) is 12.4 Å². The molecule has 0 radical (unpaired) electrons. The Balaban J connectivity index is 0.00000288. The number of halogens is 1. The second-order valence-corrected chi connectivity index (χ2v) is 7.08. The summed E-state index contributed by atoms with van der Waals surface area (Å²) in [6.07, 6.45) is 10.1. The number of rotatable bonds is 7. The number of methoxy groups -OCH3 is 1. The van der Waals surface area contributed by atoms with Gasteiger partial charge in [0, 0.05) is 12.5 Å². The fourth-order valence-electron chi connectivity index (χ4n) is 3.92. The molecule has 2 fully saturated rings. The highest BCUT2D eigenvalue weighted by atomic mass is 35.5. The van der Waals surface area contributed by atoms with Crippen LogP contribution in [0.2, 0.25) is 0 Å². The van der Waals surface area contributed by atoms with Gasteiger partial charge in [0.15, 0.2) is 0 Å². The van der Waals surface area contributed by atoms with Crippen LogP contribution in [0.15, 0.2) is 0 Å². The molecule has 1 heterocycles. The van der Waals surface area contributed by atoms with Crippen LogP contribution in [0, 0.1) is 11.8 Å². The fourth-order valence-corrected chi connectivity index (χ4v) is 3.92. The maximum atomic E-state index is 12.3.